The van der Waals surface area contributed by atoms with Gasteiger partial charge in [-0.1, -0.05) is 32.9 Å². The van der Waals surface area contributed by atoms with Gasteiger partial charge in [-0.15, -0.1) is 0 Å². The van der Waals surface area contributed by atoms with E-state index in [2.05, 4.69) is 19.2 Å². The highest BCUT2D eigenvalue weighted by Gasteiger charge is 2.36. The Morgan fingerprint density at radius 3 is 2.60 bits per heavy atom. The Balaban J connectivity index is 2.20. The Morgan fingerprint density at radius 1 is 1.35 bits per heavy atom. The number of nitrogens with zero attached hydrogens (tertiary/aromatic N) is 1. The monoisotopic (exact) mass is 296 g/mol. The van der Waals surface area contributed by atoms with E-state index in [4.69, 9.17) is 0 Å². The Hall–Kier alpha value is -0.910. The van der Waals surface area contributed by atoms with Gasteiger partial charge in [-0.2, -0.15) is 4.31 Å². The molecular formula is C15H24N2O2S. The summed E-state index contributed by atoms with van der Waals surface area (Å²) in [4.78, 5) is 0.411. The summed E-state index contributed by atoms with van der Waals surface area (Å²) in [7, 11) is -3.34. The van der Waals surface area contributed by atoms with Gasteiger partial charge in [0.15, 0.2) is 0 Å². The van der Waals surface area contributed by atoms with Crippen LogP contribution in [0.2, 0.25) is 0 Å². The summed E-state index contributed by atoms with van der Waals surface area (Å²) >= 11 is 0. The van der Waals surface area contributed by atoms with Crippen LogP contribution in [0, 0.1) is 0 Å². The molecule has 112 valence electrons. The second kappa shape index (κ2) is 6.24. The Labute approximate surface area is 122 Å². The lowest BCUT2D eigenvalue weighted by atomic mass is 10.2. The number of benzene rings is 1. The van der Waals surface area contributed by atoms with Crippen LogP contribution >= 0.6 is 0 Å². The number of nitrogens with one attached hydrogen (secondary N) is 1. The van der Waals surface area contributed by atoms with Crippen LogP contribution in [0.25, 0.3) is 0 Å². The van der Waals surface area contributed by atoms with Crippen LogP contribution in [0.3, 0.4) is 0 Å². The molecule has 1 saturated carbocycles. The van der Waals surface area contributed by atoms with Gasteiger partial charge in [-0.05, 0) is 30.5 Å². The van der Waals surface area contributed by atoms with E-state index in [-0.39, 0.29) is 6.04 Å². The van der Waals surface area contributed by atoms with Crippen molar-refractivity contribution in [2.45, 2.75) is 57.1 Å². The number of rotatable bonds is 7. The van der Waals surface area contributed by atoms with Crippen LogP contribution < -0.4 is 5.32 Å². The van der Waals surface area contributed by atoms with Crippen molar-refractivity contribution in [2.75, 3.05) is 6.54 Å². The molecule has 1 N–H and O–H groups in total. The average Bonchev–Trinajstić information content (AvgIpc) is 3.22. The first-order valence-electron chi connectivity index (χ1n) is 7.29. The zero-order chi connectivity index (χ0) is 14.8. The molecule has 0 aliphatic heterocycles. The van der Waals surface area contributed by atoms with Crippen molar-refractivity contribution in [2.24, 2.45) is 0 Å². The summed E-state index contributed by atoms with van der Waals surface area (Å²) in [6, 6.07) is 7.86. The minimum absolute atomic E-state index is 0.211. The molecule has 0 heterocycles. The molecule has 20 heavy (non-hydrogen) atoms. The van der Waals surface area contributed by atoms with Gasteiger partial charge in [-0.3, -0.25) is 0 Å². The van der Waals surface area contributed by atoms with Gasteiger partial charge in [0.05, 0.1) is 4.90 Å². The quantitative estimate of drug-likeness (QED) is 0.840. The summed E-state index contributed by atoms with van der Waals surface area (Å²) in [6.45, 7) is 7.29. The molecule has 0 saturated heterocycles. The molecule has 5 heteroatoms. The van der Waals surface area contributed by atoms with E-state index in [0.717, 1.165) is 18.4 Å². The minimum Gasteiger partial charge on any atom is -0.310 e. The van der Waals surface area contributed by atoms with E-state index in [1.54, 1.807) is 16.4 Å². The fourth-order valence-electron chi connectivity index (χ4n) is 2.26. The molecule has 0 atom stereocenters. The first-order valence-corrected chi connectivity index (χ1v) is 8.73. The molecular weight excluding hydrogens is 272 g/mol. The van der Waals surface area contributed by atoms with E-state index >= 15 is 0 Å². The zero-order valence-corrected chi connectivity index (χ0v) is 13.3. The molecule has 0 spiro atoms. The fourth-order valence-corrected chi connectivity index (χ4v) is 4.03. The van der Waals surface area contributed by atoms with Gasteiger partial charge in [0, 0.05) is 25.2 Å². The van der Waals surface area contributed by atoms with Crippen LogP contribution in [0.15, 0.2) is 29.2 Å². The molecule has 0 radical (unpaired) electrons. The van der Waals surface area contributed by atoms with E-state index in [1.165, 1.54) is 0 Å². The van der Waals surface area contributed by atoms with Crippen LogP contribution in [0.4, 0.5) is 0 Å². The maximum atomic E-state index is 12.6. The van der Waals surface area contributed by atoms with Gasteiger partial charge in [0.1, 0.15) is 0 Å². The largest absolute Gasteiger partial charge is 0.310 e. The molecule has 0 aromatic heterocycles. The Bertz CT molecular complexity index is 551. The molecule has 0 unspecified atom stereocenters. The topological polar surface area (TPSA) is 49.4 Å². The van der Waals surface area contributed by atoms with E-state index in [9.17, 15) is 8.42 Å². The standard InChI is InChI=1S/C15H24N2O2S/c1-4-17(14-8-9-14)20(18,19)15-7-5-6-13(10-15)11-16-12(2)3/h5-7,10,12,14,16H,4,8-9,11H2,1-3H3. The highest BCUT2D eigenvalue weighted by Crippen LogP contribution is 2.31. The lowest BCUT2D eigenvalue weighted by Gasteiger charge is -2.20. The van der Waals surface area contributed by atoms with Gasteiger partial charge < -0.3 is 5.32 Å². The molecule has 1 aliphatic carbocycles. The van der Waals surface area contributed by atoms with Crippen molar-refractivity contribution >= 4 is 10.0 Å². The first-order chi connectivity index (χ1) is 9.45. The first kappa shape index (κ1) is 15.5. The van der Waals surface area contributed by atoms with Crippen LogP contribution in [-0.4, -0.2) is 31.4 Å². The zero-order valence-electron chi connectivity index (χ0n) is 12.5. The SMILES string of the molecule is CCN(C1CC1)S(=O)(=O)c1cccc(CNC(C)C)c1. The van der Waals surface area contributed by atoms with Crippen molar-refractivity contribution in [3.05, 3.63) is 29.8 Å². The van der Waals surface area contributed by atoms with Gasteiger partial charge in [0.25, 0.3) is 0 Å². The smallest absolute Gasteiger partial charge is 0.243 e. The number of hydrogen-bond acceptors (Lipinski definition) is 3. The second-order valence-corrected chi connectivity index (χ2v) is 7.51. The third-order valence-corrected chi connectivity index (χ3v) is 5.51. The normalized spacial score (nSPS) is 16.1. The Kier molecular flexibility index (Phi) is 4.83. The highest BCUT2D eigenvalue weighted by molar-refractivity contribution is 7.89. The van der Waals surface area contributed by atoms with Crippen molar-refractivity contribution in [1.82, 2.24) is 9.62 Å². The molecule has 1 aromatic carbocycles. The molecule has 2 rings (SSSR count). The Morgan fingerprint density at radius 2 is 2.05 bits per heavy atom. The molecule has 0 bridgehead atoms. The third kappa shape index (κ3) is 3.59. The maximum absolute atomic E-state index is 12.6. The van der Waals surface area contributed by atoms with Crippen molar-refractivity contribution < 1.29 is 8.42 Å². The van der Waals surface area contributed by atoms with Gasteiger partial charge in [-0.25, -0.2) is 8.42 Å². The lowest BCUT2D eigenvalue weighted by molar-refractivity contribution is 0.421. The molecule has 1 aliphatic rings. The fraction of sp³-hybridized carbons (Fsp3) is 0.600. The summed E-state index contributed by atoms with van der Waals surface area (Å²) in [5.41, 5.74) is 1.01. The van der Waals surface area contributed by atoms with Crippen molar-refractivity contribution in [3.8, 4) is 0 Å². The molecule has 0 amide bonds. The molecule has 4 nitrogen and oxygen atoms in total. The summed E-state index contributed by atoms with van der Waals surface area (Å²) in [5, 5.41) is 3.31. The van der Waals surface area contributed by atoms with Gasteiger partial charge >= 0.3 is 0 Å². The lowest BCUT2D eigenvalue weighted by Crippen LogP contribution is -2.33. The summed E-state index contributed by atoms with van der Waals surface area (Å²) in [5.74, 6) is 0. The molecule has 1 fully saturated rings. The van der Waals surface area contributed by atoms with E-state index in [1.807, 2.05) is 19.1 Å². The average molecular weight is 296 g/mol. The maximum Gasteiger partial charge on any atom is 0.243 e. The van der Waals surface area contributed by atoms with E-state index < -0.39 is 10.0 Å². The number of sulfonamides is 1. The van der Waals surface area contributed by atoms with E-state index in [0.29, 0.717) is 24.0 Å². The third-order valence-electron chi connectivity index (χ3n) is 3.49. The highest BCUT2D eigenvalue weighted by atomic mass is 32.2. The van der Waals surface area contributed by atoms with Crippen molar-refractivity contribution in [3.63, 3.8) is 0 Å². The predicted octanol–water partition coefficient (Wildman–Crippen LogP) is 2.36. The second-order valence-electron chi connectivity index (χ2n) is 5.62. The predicted molar refractivity (Wildman–Crippen MR) is 81.0 cm³/mol. The molecule has 1 aromatic rings. The van der Waals surface area contributed by atoms with Crippen LogP contribution in [-0.2, 0) is 16.6 Å². The van der Waals surface area contributed by atoms with Crippen molar-refractivity contribution in [1.29, 1.82) is 0 Å². The van der Waals surface area contributed by atoms with Crippen LogP contribution in [0.5, 0.6) is 0 Å². The summed E-state index contributed by atoms with van der Waals surface area (Å²) in [6.07, 6.45) is 1.98. The minimum atomic E-state index is -3.34. The number of hydrogen-bond donors (Lipinski definition) is 1. The van der Waals surface area contributed by atoms with Crippen LogP contribution in [0.1, 0.15) is 39.2 Å². The summed E-state index contributed by atoms with van der Waals surface area (Å²) < 4.78 is 26.9. The van der Waals surface area contributed by atoms with Gasteiger partial charge in [0.2, 0.25) is 10.0 Å².